The fourth-order valence-corrected chi connectivity index (χ4v) is 2.07. The van der Waals surface area contributed by atoms with Gasteiger partial charge in [0.15, 0.2) is 0 Å². The van der Waals surface area contributed by atoms with E-state index >= 15 is 0 Å². The molecule has 0 heterocycles. The molecule has 17 heavy (non-hydrogen) atoms. The van der Waals surface area contributed by atoms with Crippen molar-refractivity contribution >= 4 is 0 Å². The fraction of sp³-hybridized carbons (Fsp3) is 0.600. The summed E-state index contributed by atoms with van der Waals surface area (Å²) in [6, 6.07) is 8.87. The Morgan fingerprint density at radius 3 is 2.53 bits per heavy atom. The van der Waals surface area contributed by atoms with Gasteiger partial charge in [-0.05, 0) is 31.2 Å². The Labute approximate surface area is 105 Å². The molecule has 2 rings (SSSR count). The molecule has 0 unspecified atom stereocenters. The van der Waals surface area contributed by atoms with Gasteiger partial charge >= 0.3 is 0 Å². The summed E-state index contributed by atoms with van der Waals surface area (Å²) < 4.78 is 5.19. The normalized spacial score (nSPS) is 15.5. The van der Waals surface area contributed by atoms with E-state index in [-0.39, 0.29) is 0 Å². The van der Waals surface area contributed by atoms with E-state index in [0.717, 1.165) is 25.6 Å². The molecule has 1 saturated carbocycles. The van der Waals surface area contributed by atoms with Crippen molar-refractivity contribution < 1.29 is 4.74 Å². The van der Waals surface area contributed by atoms with Gasteiger partial charge in [0.25, 0.3) is 0 Å². The molecule has 0 radical (unpaired) electrons. The first-order valence-corrected chi connectivity index (χ1v) is 6.55. The quantitative estimate of drug-likeness (QED) is 0.718. The molecule has 0 amide bonds. The van der Waals surface area contributed by atoms with E-state index in [1.807, 2.05) is 0 Å². The number of aryl methyl sites for hydroxylation is 1. The lowest BCUT2D eigenvalue weighted by Crippen LogP contribution is -2.29. The van der Waals surface area contributed by atoms with E-state index in [4.69, 9.17) is 4.74 Å². The van der Waals surface area contributed by atoms with Gasteiger partial charge in [0.1, 0.15) is 0 Å². The lowest BCUT2D eigenvalue weighted by atomic mass is 10.1. The molecule has 1 fully saturated rings. The number of hydrogen-bond donors (Lipinski definition) is 0. The average Bonchev–Trinajstić information content (AvgIpc) is 3.13. The molecule has 0 saturated heterocycles. The largest absolute Gasteiger partial charge is 0.383 e. The van der Waals surface area contributed by atoms with E-state index in [1.165, 1.54) is 30.5 Å². The number of methoxy groups -OCH3 is 1. The molecule has 0 aliphatic heterocycles. The van der Waals surface area contributed by atoms with Crippen LogP contribution in [0.4, 0.5) is 0 Å². The summed E-state index contributed by atoms with van der Waals surface area (Å²) in [4.78, 5) is 2.52. The molecule has 1 aliphatic carbocycles. The van der Waals surface area contributed by atoms with E-state index in [1.54, 1.807) is 7.11 Å². The average molecular weight is 233 g/mol. The summed E-state index contributed by atoms with van der Waals surface area (Å²) in [6.45, 7) is 6.30. The van der Waals surface area contributed by atoms with Crippen LogP contribution in [-0.2, 0) is 11.3 Å². The first-order chi connectivity index (χ1) is 8.28. The number of rotatable bonds is 7. The third-order valence-electron chi connectivity index (χ3n) is 3.35. The third-order valence-corrected chi connectivity index (χ3v) is 3.35. The standard InChI is InChI=1S/C15H23NO/c1-13-3-5-14(6-4-13)11-16(9-10-17-2)12-15-7-8-15/h3-6,15H,7-12H2,1-2H3. The van der Waals surface area contributed by atoms with E-state index in [0.29, 0.717) is 0 Å². The van der Waals surface area contributed by atoms with Crippen LogP contribution in [0.15, 0.2) is 24.3 Å². The topological polar surface area (TPSA) is 12.5 Å². The van der Waals surface area contributed by atoms with Crippen molar-refractivity contribution in [3.8, 4) is 0 Å². The molecule has 0 atom stereocenters. The maximum Gasteiger partial charge on any atom is 0.0589 e. The van der Waals surface area contributed by atoms with E-state index in [2.05, 4.69) is 36.1 Å². The molecule has 0 aromatic heterocycles. The van der Waals surface area contributed by atoms with Gasteiger partial charge < -0.3 is 4.74 Å². The van der Waals surface area contributed by atoms with Crippen LogP contribution < -0.4 is 0 Å². The Balaban J connectivity index is 1.87. The Hall–Kier alpha value is -0.860. The number of benzene rings is 1. The van der Waals surface area contributed by atoms with Crippen molar-refractivity contribution in [1.29, 1.82) is 0 Å². The fourth-order valence-electron chi connectivity index (χ4n) is 2.07. The molecular weight excluding hydrogens is 210 g/mol. The lowest BCUT2D eigenvalue weighted by Gasteiger charge is -2.22. The van der Waals surface area contributed by atoms with Crippen LogP contribution in [0.1, 0.15) is 24.0 Å². The Bertz CT molecular complexity index is 329. The van der Waals surface area contributed by atoms with Gasteiger partial charge in [0.2, 0.25) is 0 Å². The number of hydrogen-bond acceptors (Lipinski definition) is 2. The van der Waals surface area contributed by atoms with Crippen LogP contribution >= 0.6 is 0 Å². The summed E-state index contributed by atoms with van der Waals surface area (Å²) in [6.07, 6.45) is 2.83. The van der Waals surface area contributed by atoms with Gasteiger partial charge in [0, 0.05) is 26.7 Å². The zero-order chi connectivity index (χ0) is 12.1. The highest BCUT2D eigenvalue weighted by Gasteiger charge is 2.24. The van der Waals surface area contributed by atoms with Gasteiger partial charge in [-0.2, -0.15) is 0 Å². The van der Waals surface area contributed by atoms with Crippen molar-refractivity contribution in [2.24, 2.45) is 5.92 Å². The van der Waals surface area contributed by atoms with Crippen molar-refractivity contribution in [3.05, 3.63) is 35.4 Å². The first-order valence-electron chi connectivity index (χ1n) is 6.55. The number of ether oxygens (including phenoxy) is 1. The second-order valence-corrected chi connectivity index (χ2v) is 5.16. The minimum absolute atomic E-state index is 0.832. The van der Waals surface area contributed by atoms with Gasteiger partial charge in [-0.3, -0.25) is 4.90 Å². The van der Waals surface area contributed by atoms with Crippen LogP contribution in [0.3, 0.4) is 0 Å². The van der Waals surface area contributed by atoms with Crippen LogP contribution in [0.2, 0.25) is 0 Å². The second kappa shape index (κ2) is 6.18. The van der Waals surface area contributed by atoms with Crippen LogP contribution in [0, 0.1) is 12.8 Å². The number of nitrogens with zero attached hydrogens (tertiary/aromatic N) is 1. The summed E-state index contributed by atoms with van der Waals surface area (Å²) in [7, 11) is 1.78. The molecular formula is C15H23NO. The third kappa shape index (κ3) is 4.49. The molecule has 2 nitrogen and oxygen atoms in total. The monoisotopic (exact) mass is 233 g/mol. The second-order valence-electron chi connectivity index (χ2n) is 5.16. The maximum atomic E-state index is 5.19. The maximum absolute atomic E-state index is 5.19. The predicted molar refractivity (Wildman–Crippen MR) is 71.1 cm³/mol. The molecule has 0 spiro atoms. The van der Waals surface area contributed by atoms with E-state index < -0.39 is 0 Å². The lowest BCUT2D eigenvalue weighted by molar-refractivity contribution is 0.141. The van der Waals surface area contributed by atoms with E-state index in [9.17, 15) is 0 Å². The zero-order valence-corrected chi connectivity index (χ0v) is 11.0. The minimum atomic E-state index is 0.832. The van der Waals surface area contributed by atoms with Crippen LogP contribution in [0.25, 0.3) is 0 Å². The molecule has 94 valence electrons. The molecule has 1 aromatic carbocycles. The van der Waals surface area contributed by atoms with Crippen molar-refractivity contribution in [2.45, 2.75) is 26.3 Å². The molecule has 1 aliphatic rings. The summed E-state index contributed by atoms with van der Waals surface area (Å²) >= 11 is 0. The SMILES string of the molecule is COCCN(Cc1ccc(C)cc1)CC1CC1. The van der Waals surface area contributed by atoms with Crippen LogP contribution in [-0.4, -0.2) is 31.7 Å². The van der Waals surface area contributed by atoms with Crippen molar-refractivity contribution in [3.63, 3.8) is 0 Å². The zero-order valence-electron chi connectivity index (χ0n) is 11.0. The Kier molecular flexibility index (Phi) is 4.57. The smallest absolute Gasteiger partial charge is 0.0589 e. The first kappa shape index (κ1) is 12.6. The molecule has 2 heteroatoms. The molecule has 1 aromatic rings. The van der Waals surface area contributed by atoms with Crippen molar-refractivity contribution in [1.82, 2.24) is 4.90 Å². The summed E-state index contributed by atoms with van der Waals surface area (Å²) in [5.74, 6) is 0.942. The summed E-state index contributed by atoms with van der Waals surface area (Å²) in [5.41, 5.74) is 2.74. The highest BCUT2D eigenvalue weighted by atomic mass is 16.5. The highest BCUT2D eigenvalue weighted by molar-refractivity contribution is 5.21. The Morgan fingerprint density at radius 1 is 1.24 bits per heavy atom. The van der Waals surface area contributed by atoms with Gasteiger partial charge in [-0.25, -0.2) is 0 Å². The van der Waals surface area contributed by atoms with Crippen LogP contribution in [0.5, 0.6) is 0 Å². The Morgan fingerprint density at radius 2 is 1.94 bits per heavy atom. The highest BCUT2D eigenvalue weighted by Crippen LogP contribution is 2.30. The van der Waals surface area contributed by atoms with Crippen molar-refractivity contribution in [2.75, 3.05) is 26.8 Å². The molecule has 0 N–H and O–H groups in total. The van der Waals surface area contributed by atoms with Gasteiger partial charge in [0.05, 0.1) is 6.61 Å². The predicted octanol–water partition coefficient (Wildman–Crippen LogP) is 2.85. The van der Waals surface area contributed by atoms with Gasteiger partial charge in [-0.15, -0.1) is 0 Å². The summed E-state index contributed by atoms with van der Waals surface area (Å²) in [5, 5.41) is 0. The molecule has 0 bridgehead atoms. The van der Waals surface area contributed by atoms with Gasteiger partial charge in [-0.1, -0.05) is 29.8 Å². The minimum Gasteiger partial charge on any atom is -0.383 e.